The third kappa shape index (κ3) is 10.2. The Hall–Kier alpha value is -2.53. The SMILES string of the molecule is CC(C)(C)OC(=O)NCCOCCOCC#Cc1cncc(N[C@H]2CO[C@H](CO)[C@H](O)[C@@H]2O)n1. The third-order valence-corrected chi connectivity index (χ3v) is 4.46. The lowest BCUT2D eigenvalue weighted by Crippen LogP contribution is -2.56. The van der Waals surface area contributed by atoms with Crippen LogP contribution in [0.5, 0.6) is 0 Å². The minimum Gasteiger partial charge on any atom is -0.444 e. The van der Waals surface area contributed by atoms with Gasteiger partial charge in [0.05, 0.1) is 51.5 Å². The molecule has 2 rings (SSSR count). The molecule has 1 fully saturated rings. The summed E-state index contributed by atoms with van der Waals surface area (Å²) in [4.78, 5) is 19.8. The number of aromatic nitrogens is 2. The fourth-order valence-corrected chi connectivity index (χ4v) is 2.87. The van der Waals surface area contributed by atoms with Gasteiger partial charge in [-0.2, -0.15) is 0 Å². The second kappa shape index (κ2) is 14.0. The molecule has 2 heterocycles. The van der Waals surface area contributed by atoms with E-state index in [9.17, 15) is 15.0 Å². The smallest absolute Gasteiger partial charge is 0.407 e. The van der Waals surface area contributed by atoms with Crippen LogP contribution in [0.15, 0.2) is 12.4 Å². The third-order valence-electron chi connectivity index (χ3n) is 4.46. The highest BCUT2D eigenvalue weighted by molar-refractivity contribution is 5.67. The standard InChI is InChI=1S/C22H34N4O8/c1-22(2,3)34-21(30)24-6-8-32-10-9-31-7-4-5-15-11-23-12-18(25-15)26-16-14-33-17(13-27)20(29)19(16)28/h11-12,16-17,19-20,27-29H,6-10,13-14H2,1-3H3,(H,24,30)(H,25,26)/t16-,17+,19+,20-/m0/s1. The van der Waals surface area contributed by atoms with Crippen LogP contribution in [0.4, 0.5) is 10.6 Å². The molecule has 1 aliphatic rings. The van der Waals surface area contributed by atoms with Crippen LogP contribution in [0.3, 0.4) is 0 Å². The largest absolute Gasteiger partial charge is 0.444 e. The van der Waals surface area contributed by atoms with Crippen LogP contribution in [0.1, 0.15) is 26.5 Å². The maximum atomic E-state index is 11.5. The number of rotatable bonds is 10. The van der Waals surface area contributed by atoms with Crippen molar-refractivity contribution in [3.8, 4) is 11.8 Å². The van der Waals surface area contributed by atoms with Crippen molar-refractivity contribution in [1.82, 2.24) is 15.3 Å². The first kappa shape index (κ1) is 27.7. The first-order valence-electron chi connectivity index (χ1n) is 11.0. The summed E-state index contributed by atoms with van der Waals surface area (Å²) in [6, 6.07) is -0.613. The molecule has 0 spiro atoms. The monoisotopic (exact) mass is 482 g/mol. The number of carbonyl (C=O) groups is 1. The van der Waals surface area contributed by atoms with E-state index < -0.39 is 36.0 Å². The lowest BCUT2D eigenvalue weighted by atomic mass is 9.98. The van der Waals surface area contributed by atoms with Crippen LogP contribution in [0.2, 0.25) is 0 Å². The van der Waals surface area contributed by atoms with Crippen LogP contribution < -0.4 is 10.6 Å². The summed E-state index contributed by atoms with van der Waals surface area (Å²) in [5.74, 6) is 6.02. The first-order valence-corrected chi connectivity index (χ1v) is 11.0. The zero-order valence-corrected chi connectivity index (χ0v) is 19.7. The molecule has 12 heteroatoms. The van der Waals surface area contributed by atoms with Crippen molar-refractivity contribution in [2.24, 2.45) is 0 Å². The molecule has 0 radical (unpaired) electrons. The number of hydrogen-bond acceptors (Lipinski definition) is 11. The Morgan fingerprint density at radius 3 is 2.71 bits per heavy atom. The first-order chi connectivity index (χ1) is 16.2. The predicted molar refractivity (Wildman–Crippen MR) is 121 cm³/mol. The molecule has 190 valence electrons. The molecule has 12 nitrogen and oxygen atoms in total. The second-order valence-electron chi connectivity index (χ2n) is 8.47. The summed E-state index contributed by atoms with van der Waals surface area (Å²) in [5.41, 5.74) is -0.136. The van der Waals surface area contributed by atoms with Crippen molar-refractivity contribution in [3.63, 3.8) is 0 Å². The molecule has 0 bridgehead atoms. The van der Waals surface area contributed by atoms with Gasteiger partial charge in [-0.05, 0) is 26.7 Å². The number of alkyl carbamates (subject to hydrolysis) is 1. The number of ether oxygens (including phenoxy) is 4. The van der Waals surface area contributed by atoms with E-state index in [1.165, 1.54) is 12.4 Å². The predicted octanol–water partition coefficient (Wildman–Crippen LogP) is -0.721. The Morgan fingerprint density at radius 1 is 1.21 bits per heavy atom. The van der Waals surface area contributed by atoms with Crippen molar-refractivity contribution in [3.05, 3.63) is 18.1 Å². The summed E-state index contributed by atoms with van der Waals surface area (Å²) >= 11 is 0. The molecule has 1 aromatic heterocycles. The van der Waals surface area contributed by atoms with E-state index in [4.69, 9.17) is 24.1 Å². The van der Waals surface area contributed by atoms with E-state index in [2.05, 4.69) is 32.4 Å². The van der Waals surface area contributed by atoms with Gasteiger partial charge < -0.3 is 44.9 Å². The zero-order valence-electron chi connectivity index (χ0n) is 19.7. The molecule has 1 aromatic rings. The molecule has 5 N–H and O–H groups in total. The molecule has 0 saturated carbocycles. The van der Waals surface area contributed by atoms with Gasteiger partial charge in [0.2, 0.25) is 0 Å². The minimum absolute atomic E-state index is 0.0913. The van der Waals surface area contributed by atoms with Crippen LogP contribution in [-0.4, -0.2) is 108 Å². The number of amides is 1. The Morgan fingerprint density at radius 2 is 1.97 bits per heavy atom. The van der Waals surface area contributed by atoms with Crippen molar-refractivity contribution < 1.29 is 39.1 Å². The Labute approximate surface area is 199 Å². The highest BCUT2D eigenvalue weighted by Gasteiger charge is 2.38. The van der Waals surface area contributed by atoms with Crippen LogP contribution >= 0.6 is 0 Å². The highest BCUT2D eigenvalue weighted by Crippen LogP contribution is 2.18. The van der Waals surface area contributed by atoms with Gasteiger partial charge in [-0.15, -0.1) is 0 Å². The topological polar surface area (TPSA) is 165 Å². The molecule has 1 saturated heterocycles. The Kier molecular flexibility index (Phi) is 11.4. The van der Waals surface area contributed by atoms with E-state index in [0.717, 1.165) is 0 Å². The van der Waals surface area contributed by atoms with Crippen LogP contribution in [0.25, 0.3) is 0 Å². The van der Waals surface area contributed by atoms with E-state index in [0.29, 0.717) is 37.9 Å². The number of carbonyl (C=O) groups excluding carboxylic acids is 1. The molecule has 0 aromatic carbocycles. The van der Waals surface area contributed by atoms with E-state index in [1.807, 2.05) is 0 Å². The number of anilines is 1. The number of nitrogens with one attached hydrogen (secondary N) is 2. The maximum absolute atomic E-state index is 11.5. The van der Waals surface area contributed by atoms with Crippen molar-refractivity contribution in [2.75, 3.05) is 51.5 Å². The van der Waals surface area contributed by atoms with Gasteiger partial charge in [0.15, 0.2) is 0 Å². The van der Waals surface area contributed by atoms with Crippen molar-refractivity contribution in [1.29, 1.82) is 0 Å². The number of aliphatic hydroxyl groups is 3. The van der Waals surface area contributed by atoms with Gasteiger partial charge in [0.1, 0.15) is 42.0 Å². The number of hydrogen-bond donors (Lipinski definition) is 5. The molecular formula is C22H34N4O8. The van der Waals surface area contributed by atoms with Crippen molar-refractivity contribution >= 4 is 11.9 Å². The van der Waals surface area contributed by atoms with Crippen LogP contribution in [-0.2, 0) is 18.9 Å². The van der Waals surface area contributed by atoms with Crippen LogP contribution in [0, 0.1) is 11.8 Å². The second-order valence-corrected chi connectivity index (χ2v) is 8.47. The summed E-state index contributed by atoms with van der Waals surface area (Å²) in [6.45, 7) is 6.62. The molecule has 34 heavy (non-hydrogen) atoms. The number of nitrogens with zero attached hydrogens (tertiary/aromatic N) is 2. The van der Waals surface area contributed by atoms with Gasteiger partial charge in [0, 0.05) is 6.54 Å². The van der Waals surface area contributed by atoms with E-state index >= 15 is 0 Å². The fourth-order valence-electron chi connectivity index (χ4n) is 2.87. The molecule has 0 aliphatic carbocycles. The van der Waals surface area contributed by atoms with Gasteiger partial charge >= 0.3 is 6.09 Å². The normalized spacial score (nSPS) is 22.4. The van der Waals surface area contributed by atoms with Gasteiger partial charge in [-0.3, -0.25) is 4.98 Å². The molecule has 4 atom stereocenters. The van der Waals surface area contributed by atoms with Gasteiger partial charge in [-0.25, -0.2) is 9.78 Å². The minimum atomic E-state index is -1.21. The maximum Gasteiger partial charge on any atom is 0.407 e. The van der Waals surface area contributed by atoms with Gasteiger partial charge in [-0.1, -0.05) is 5.92 Å². The summed E-state index contributed by atoms with van der Waals surface area (Å²) in [7, 11) is 0. The highest BCUT2D eigenvalue weighted by atomic mass is 16.6. The summed E-state index contributed by atoms with van der Waals surface area (Å²) < 4.78 is 21.2. The summed E-state index contributed by atoms with van der Waals surface area (Å²) in [5, 5.41) is 34.9. The molecule has 1 amide bonds. The van der Waals surface area contributed by atoms with Crippen molar-refractivity contribution in [2.45, 2.75) is 50.7 Å². The molecular weight excluding hydrogens is 448 g/mol. The van der Waals surface area contributed by atoms with E-state index in [-0.39, 0.29) is 19.8 Å². The fraction of sp³-hybridized carbons (Fsp3) is 0.682. The Bertz CT molecular complexity index is 823. The average Bonchev–Trinajstić information content (AvgIpc) is 2.77. The van der Waals surface area contributed by atoms with E-state index in [1.54, 1.807) is 20.8 Å². The summed E-state index contributed by atoms with van der Waals surface area (Å²) in [6.07, 6.45) is -0.699. The average molecular weight is 483 g/mol. The quantitative estimate of drug-likeness (QED) is 0.211. The lowest BCUT2D eigenvalue weighted by molar-refractivity contribution is -0.152. The zero-order chi connectivity index (χ0) is 25.0. The Balaban J connectivity index is 1.62. The molecule has 1 aliphatic heterocycles. The molecule has 0 unspecified atom stereocenters. The lowest BCUT2D eigenvalue weighted by Gasteiger charge is -2.37. The van der Waals surface area contributed by atoms with Gasteiger partial charge in [0.25, 0.3) is 0 Å². The number of aliphatic hydroxyl groups excluding tert-OH is 3.